The highest BCUT2D eigenvalue weighted by atomic mass is 16.5. The highest BCUT2D eigenvalue weighted by molar-refractivity contribution is 5.75. The molecular formula is C13H22O3. The van der Waals surface area contributed by atoms with E-state index in [1.54, 1.807) is 0 Å². The molecular weight excluding hydrogens is 204 g/mol. The molecule has 0 saturated heterocycles. The zero-order valence-electron chi connectivity index (χ0n) is 10.2. The molecule has 2 saturated carbocycles. The predicted octanol–water partition coefficient (Wildman–Crippen LogP) is 2.69. The second-order valence-corrected chi connectivity index (χ2v) is 5.71. The molecule has 0 radical (unpaired) electrons. The molecule has 1 N–H and O–H groups in total. The van der Waals surface area contributed by atoms with E-state index in [1.807, 2.05) is 13.8 Å². The molecule has 2 aliphatic carbocycles. The molecule has 0 spiro atoms. The van der Waals surface area contributed by atoms with Gasteiger partial charge in [0.2, 0.25) is 0 Å². The summed E-state index contributed by atoms with van der Waals surface area (Å²) in [7, 11) is 0. The zero-order valence-corrected chi connectivity index (χ0v) is 10.2. The lowest BCUT2D eigenvalue weighted by atomic mass is 9.71. The molecule has 0 heterocycles. The molecule has 2 rings (SSSR count). The maximum atomic E-state index is 11.5. The first-order valence-corrected chi connectivity index (χ1v) is 6.39. The van der Waals surface area contributed by atoms with Gasteiger partial charge in [0.25, 0.3) is 0 Å². The number of carboxylic acids is 1. The highest BCUT2D eigenvalue weighted by Crippen LogP contribution is 2.57. The number of hydrogen-bond donors (Lipinski definition) is 1. The molecule has 0 aromatic rings. The van der Waals surface area contributed by atoms with Crippen molar-refractivity contribution in [3.8, 4) is 0 Å². The fourth-order valence-corrected chi connectivity index (χ4v) is 3.60. The van der Waals surface area contributed by atoms with E-state index in [0.717, 1.165) is 19.3 Å². The SMILES string of the molecule is CC(C)OCCC1(C(=O)O)CC2CCC1C2. The number of fused-ring (bicyclic) bond motifs is 2. The fraction of sp³-hybridized carbons (Fsp3) is 0.923. The number of hydrogen-bond acceptors (Lipinski definition) is 2. The highest BCUT2D eigenvalue weighted by Gasteiger charge is 2.55. The molecule has 0 aliphatic heterocycles. The standard InChI is InChI=1S/C13H22O3/c1-9(2)16-6-5-13(12(14)15)8-10-3-4-11(13)7-10/h9-11H,3-8H2,1-2H3,(H,14,15). The Morgan fingerprint density at radius 1 is 1.50 bits per heavy atom. The third kappa shape index (κ3) is 1.97. The van der Waals surface area contributed by atoms with Gasteiger partial charge in [-0.2, -0.15) is 0 Å². The molecule has 3 unspecified atom stereocenters. The van der Waals surface area contributed by atoms with E-state index < -0.39 is 11.4 Å². The van der Waals surface area contributed by atoms with Gasteiger partial charge in [0.1, 0.15) is 0 Å². The van der Waals surface area contributed by atoms with Crippen LogP contribution in [0.5, 0.6) is 0 Å². The molecule has 3 atom stereocenters. The lowest BCUT2D eigenvalue weighted by Gasteiger charge is -2.33. The summed E-state index contributed by atoms with van der Waals surface area (Å²) in [5.41, 5.74) is -0.461. The largest absolute Gasteiger partial charge is 0.481 e. The molecule has 92 valence electrons. The van der Waals surface area contributed by atoms with E-state index in [9.17, 15) is 9.90 Å². The summed E-state index contributed by atoms with van der Waals surface area (Å²) in [4.78, 5) is 11.5. The third-order valence-electron chi connectivity index (χ3n) is 4.40. The van der Waals surface area contributed by atoms with E-state index in [1.165, 1.54) is 6.42 Å². The Morgan fingerprint density at radius 3 is 2.69 bits per heavy atom. The van der Waals surface area contributed by atoms with E-state index in [2.05, 4.69) is 0 Å². The van der Waals surface area contributed by atoms with Gasteiger partial charge in [-0.1, -0.05) is 6.42 Å². The Balaban J connectivity index is 1.98. The van der Waals surface area contributed by atoms with Crippen LogP contribution in [0.4, 0.5) is 0 Å². The summed E-state index contributed by atoms with van der Waals surface area (Å²) in [6.45, 7) is 4.58. The van der Waals surface area contributed by atoms with Crippen LogP contribution in [0, 0.1) is 17.3 Å². The Labute approximate surface area is 97.2 Å². The first-order valence-electron chi connectivity index (χ1n) is 6.39. The predicted molar refractivity (Wildman–Crippen MR) is 61.2 cm³/mol. The van der Waals surface area contributed by atoms with Gasteiger partial charge in [-0.15, -0.1) is 0 Å². The molecule has 2 bridgehead atoms. The Bertz CT molecular complexity index is 274. The number of rotatable bonds is 5. The minimum Gasteiger partial charge on any atom is -0.481 e. The smallest absolute Gasteiger partial charge is 0.310 e. The maximum Gasteiger partial charge on any atom is 0.310 e. The van der Waals surface area contributed by atoms with Crippen molar-refractivity contribution in [1.82, 2.24) is 0 Å². The van der Waals surface area contributed by atoms with Gasteiger partial charge < -0.3 is 9.84 Å². The van der Waals surface area contributed by atoms with E-state index in [-0.39, 0.29) is 6.10 Å². The third-order valence-corrected chi connectivity index (χ3v) is 4.40. The molecule has 3 heteroatoms. The summed E-state index contributed by atoms with van der Waals surface area (Å²) < 4.78 is 5.52. The van der Waals surface area contributed by atoms with E-state index in [4.69, 9.17) is 4.74 Å². The quantitative estimate of drug-likeness (QED) is 0.784. The second kappa shape index (κ2) is 4.36. The van der Waals surface area contributed by atoms with Crippen molar-refractivity contribution in [2.45, 2.75) is 52.1 Å². The number of ether oxygens (including phenoxy) is 1. The van der Waals surface area contributed by atoms with Gasteiger partial charge in [0, 0.05) is 6.61 Å². The summed E-state index contributed by atoms with van der Waals surface area (Å²) >= 11 is 0. The Kier molecular flexibility index (Phi) is 3.24. The maximum absolute atomic E-state index is 11.5. The van der Waals surface area contributed by atoms with Crippen molar-refractivity contribution in [2.75, 3.05) is 6.61 Å². The molecule has 16 heavy (non-hydrogen) atoms. The first kappa shape index (κ1) is 11.9. The summed E-state index contributed by atoms with van der Waals surface area (Å²) in [6, 6.07) is 0. The molecule has 3 nitrogen and oxygen atoms in total. The lowest BCUT2D eigenvalue weighted by Crippen LogP contribution is -2.37. The molecule has 2 fully saturated rings. The number of carbonyl (C=O) groups is 1. The van der Waals surface area contributed by atoms with Crippen LogP contribution in [-0.4, -0.2) is 23.8 Å². The Morgan fingerprint density at radius 2 is 2.25 bits per heavy atom. The molecule has 0 aromatic heterocycles. The zero-order chi connectivity index (χ0) is 11.8. The van der Waals surface area contributed by atoms with Crippen LogP contribution >= 0.6 is 0 Å². The topological polar surface area (TPSA) is 46.5 Å². The monoisotopic (exact) mass is 226 g/mol. The number of carboxylic acid groups (broad SMARTS) is 1. The average Bonchev–Trinajstić information content (AvgIpc) is 2.76. The van der Waals surface area contributed by atoms with E-state index >= 15 is 0 Å². The van der Waals surface area contributed by atoms with Crippen molar-refractivity contribution in [2.24, 2.45) is 17.3 Å². The second-order valence-electron chi connectivity index (χ2n) is 5.71. The minimum absolute atomic E-state index is 0.199. The van der Waals surface area contributed by atoms with Gasteiger partial charge in [0.15, 0.2) is 0 Å². The van der Waals surface area contributed by atoms with Gasteiger partial charge >= 0.3 is 5.97 Å². The van der Waals surface area contributed by atoms with Crippen LogP contribution in [0.15, 0.2) is 0 Å². The van der Waals surface area contributed by atoms with Crippen molar-refractivity contribution >= 4 is 5.97 Å². The van der Waals surface area contributed by atoms with Gasteiger partial charge in [-0.25, -0.2) is 0 Å². The van der Waals surface area contributed by atoms with Crippen LogP contribution in [0.25, 0.3) is 0 Å². The minimum atomic E-state index is -0.591. The summed E-state index contributed by atoms with van der Waals surface area (Å²) in [5.74, 6) is 0.484. The van der Waals surface area contributed by atoms with Gasteiger partial charge in [-0.3, -0.25) is 4.79 Å². The van der Waals surface area contributed by atoms with Crippen LogP contribution in [0.3, 0.4) is 0 Å². The first-order chi connectivity index (χ1) is 7.54. The van der Waals surface area contributed by atoms with Crippen molar-refractivity contribution < 1.29 is 14.6 Å². The Hall–Kier alpha value is -0.570. The molecule has 0 aromatic carbocycles. The molecule has 0 amide bonds. The molecule has 2 aliphatic rings. The van der Waals surface area contributed by atoms with Crippen molar-refractivity contribution in [1.29, 1.82) is 0 Å². The fourth-order valence-electron chi connectivity index (χ4n) is 3.60. The summed E-state index contributed by atoms with van der Waals surface area (Å²) in [5, 5.41) is 9.50. The van der Waals surface area contributed by atoms with Crippen LogP contribution < -0.4 is 0 Å². The van der Waals surface area contributed by atoms with Crippen LogP contribution in [0.2, 0.25) is 0 Å². The average molecular weight is 226 g/mol. The normalized spacial score (nSPS) is 37.2. The van der Waals surface area contributed by atoms with Gasteiger partial charge in [-0.05, 0) is 51.4 Å². The number of aliphatic carboxylic acids is 1. The van der Waals surface area contributed by atoms with Crippen molar-refractivity contribution in [3.63, 3.8) is 0 Å². The summed E-state index contributed by atoms with van der Waals surface area (Å²) in [6.07, 6.45) is 5.26. The van der Waals surface area contributed by atoms with Crippen LogP contribution in [-0.2, 0) is 9.53 Å². The van der Waals surface area contributed by atoms with Crippen LogP contribution in [0.1, 0.15) is 46.0 Å². The van der Waals surface area contributed by atoms with Gasteiger partial charge in [0.05, 0.1) is 11.5 Å². The van der Waals surface area contributed by atoms with Crippen molar-refractivity contribution in [3.05, 3.63) is 0 Å². The lowest BCUT2D eigenvalue weighted by molar-refractivity contribution is -0.154. The van der Waals surface area contributed by atoms with E-state index in [0.29, 0.717) is 24.9 Å².